The molecule has 0 saturated carbocycles. The fraction of sp³-hybridized carbons (Fsp3) is 0.345. The first-order valence-electron chi connectivity index (χ1n) is 13.1. The summed E-state index contributed by atoms with van der Waals surface area (Å²) in [5, 5.41) is 0. The minimum atomic E-state index is -3.61. The molecule has 3 aromatic carbocycles. The number of fused-ring (bicyclic) bond motifs is 3. The van der Waals surface area contributed by atoms with Crippen LogP contribution in [0.1, 0.15) is 18.4 Å². The maximum absolute atomic E-state index is 14.7. The van der Waals surface area contributed by atoms with Gasteiger partial charge >= 0.3 is 6.09 Å². The molecule has 0 spiro atoms. The third-order valence-corrected chi connectivity index (χ3v) is 9.32. The van der Waals surface area contributed by atoms with E-state index in [9.17, 15) is 22.0 Å². The standard InChI is InChI=1S/C29H32F2N3O4S/c30-24-12-10-22(11-13-24)20-33(27-9-5-4-8-26(27)31)29(35)38-28-21-34(17-14-23(28)15-18-34)19-16-32-39(36,37)25-6-2-1-3-7-25/h1-13,23,28,32H,14-21H2/q+1/t23?,28-,34?/m0/s1. The van der Waals surface area contributed by atoms with Crippen molar-refractivity contribution in [2.24, 2.45) is 5.92 Å². The van der Waals surface area contributed by atoms with Gasteiger partial charge in [0.25, 0.3) is 0 Å². The number of halogens is 2. The number of ether oxygens (including phenoxy) is 1. The summed E-state index contributed by atoms with van der Waals surface area (Å²) in [6, 6.07) is 20.0. The first kappa shape index (κ1) is 27.2. The molecule has 0 aliphatic carbocycles. The van der Waals surface area contributed by atoms with Gasteiger partial charge in [-0.1, -0.05) is 42.5 Å². The maximum atomic E-state index is 14.7. The Morgan fingerprint density at radius 3 is 2.31 bits per heavy atom. The normalized spacial score (nSPS) is 22.4. The van der Waals surface area contributed by atoms with Crippen molar-refractivity contribution in [3.8, 4) is 0 Å². The number of amides is 1. The lowest BCUT2D eigenvalue weighted by Crippen LogP contribution is -2.66. The zero-order valence-electron chi connectivity index (χ0n) is 21.5. The van der Waals surface area contributed by atoms with Crippen molar-refractivity contribution in [1.29, 1.82) is 0 Å². The predicted molar refractivity (Wildman–Crippen MR) is 143 cm³/mol. The van der Waals surface area contributed by atoms with Crippen LogP contribution in [-0.4, -0.2) is 57.8 Å². The van der Waals surface area contributed by atoms with Gasteiger partial charge in [-0.2, -0.15) is 0 Å². The molecule has 3 heterocycles. The van der Waals surface area contributed by atoms with Crippen LogP contribution in [0.4, 0.5) is 19.3 Å². The van der Waals surface area contributed by atoms with E-state index in [0.717, 1.165) is 25.9 Å². The van der Waals surface area contributed by atoms with E-state index in [4.69, 9.17) is 4.74 Å². The molecule has 2 bridgehead atoms. The fourth-order valence-electron chi connectivity index (χ4n) is 5.65. The number of piperidine rings is 3. The van der Waals surface area contributed by atoms with Gasteiger partial charge in [0.2, 0.25) is 10.0 Å². The topological polar surface area (TPSA) is 75.7 Å². The molecule has 1 atom stereocenters. The van der Waals surface area contributed by atoms with Crippen molar-refractivity contribution in [2.75, 3.05) is 37.6 Å². The number of sulfonamides is 1. The second kappa shape index (κ2) is 11.4. The van der Waals surface area contributed by atoms with Crippen LogP contribution >= 0.6 is 0 Å². The molecule has 1 amide bonds. The van der Waals surface area contributed by atoms with Gasteiger partial charge < -0.3 is 9.22 Å². The van der Waals surface area contributed by atoms with Crippen LogP contribution in [0.2, 0.25) is 0 Å². The predicted octanol–water partition coefficient (Wildman–Crippen LogP) is 4.70. The van der Waals surface area contributed by atoms with Crippen molar-refractivity contribution < 1.29 is 31.2 Å². The first-order chi connectivity index (χ1) is 18.7. The SMILES string of the molecule is O=C(O[C@H]1C[N+]2(CCNS(=O)(=O)c3ccccc3)CCC1CC2)N(Cc1ccc(F)cc1)c1ccccc1F. The van der Waals surface area contributed by atoms with Gasteiger partial charge in [0, 0.05) is 18.8 Å². The summed E-state index contributed by atoms with van der Waals surface area (Å²) in [5.41, 5.74) is 0.729. The largest absolute Gasteiger partial charge is 0.440 e. The molecule has 7 nitrogen and oxygen atoms in total. The van der Waals surface area contributed by atoms with E-state index in [-0.39, 0.29) is 35.7 Å². The Hall–Kier alpha value is -3.34. The smallest absolute Gasteiger partial charge is 0.415 e. The summed E-state index contributed by atoms with van der Waals surface area (Å²) in [6.07, 6.45) is 0.696. The summed E-state index contributed by atoms with van der Waals surface area (Å²) >= 11 is 0. The number of hydrogen-bond donors (Lipinski definition) is 1. The highest BCUT2D eigenvalue weighted by Crippen LogP contribution is 2.36. The lowest BCUT2D eigenvalue weighted by Gasteiger charge is -2.52. The molecule has 0 aromatic heterocycles. The third-order valence-electron chi connectivity index (χ3n) is 7.84. The second-order valence-electron chi connectivity index (χ2n) is 10.3. The average molecular weight is 557 g/mol. The molecule has 3 aliphatic heterocycles. The highest BCUT2D eigenvalue weighted by Gasteiger charge is 2.48. The van der Waals surface area contributed by atoms with Gasteiger partial charge in [-0.15, -0.1) is 0 Å². The van der Waals surface area contributed by atoms with Crippen LogP contribution in [-0.2, 0) is 21.3 Å². The molecule has 39 heavy (non-hydrogen) atoms. The van der Waals surface area contributed by atoms with E-state index in [1.807, 2.05) is 0 Å². The Morgan fingerprint density at radius 2 is 1.62 bits per heavy atom. The number of rotatable bonds is 9. The van der Waals surface area contributed by atoms with Gasteiger partial charge in [0.05, 0.1) is 43.3 Å². The van der Waals surface area contributed by atoms with Crippen molar-refractivity contribution in [1.82, 2.24) is 4.72 Å². The molecule has 0 unspecified atom stereocenters. The average Bonchev–Trinajstić information content (AvgIpc) is 2.94. The van der Waals surface area contributed by atoms with Gasteiger partial charge in [-0.05, 0) is 42.0 Å². The molecule has 1 N–H and O–H groups in total. The Balaban J connectivity index is 1.27. The monoisotopic (exact) mass is 556 g/mol. The van der Waals surface area contributed by atoms with Gasteiger partial charge in [-0.3, -0.25) is 4.90 Å². The maximum Gasteiger partial charge on any atom is 0.415 e. The third kappa shape index (κ3) is 6.29. The molecule has 3 aromatic rings. The lowest BCUT2D eigenvalue weighted by atomic mass is 9.83. The summed E-state index contributed by atoms with van der Waals surface area (Å²) in [4.78, 5) is 15.0. The minimum absolute atomic E-state index is 0.0265. The molecule has 3 aliphatic rings. The van der Waals surface area contributed by atoms with Crippen LogP contribution in [0.3, 0.4) is 0 Å². The van der Waals surface area contributed by atoms with Crippen molar-refractivity contribution in [3.63, 3.8) is 0 Å². The van der Waals surface area contributed by atoms with E-state index >= 15 is 0 Å². The molecule has 10 heteroatoms. The number of nitrogens with zero attached hydrogens (tertiary/aromatic N) is 2. The zero-order chi connectivity index (χ0) is 27.5. The Morgan fingerprint density at radius 1 is 0.949 bits per heavy atom. The van der Waals surface area contributed by atoms with Crippen LogP contribution in [0.15, 0.2) is 83.8 Å². The summed E-state index contributed by atoms with van der Waals surface area (Å²) < 4.78 is 62.9. The summed E-state index contributed by atoms with van der Waals surface area (Å²) in [5.74, 6) is -0.756. The van der Waals surface area contributed by atoms with Crippen molar-refractivity contribution in [3.05, 3.63) is 96.1 Å². The molecule has 3 fully saturated rings. The fourth-order valence-corrected chi connectivity index (χ4v) is 6.70. The van der Waals surface area contributed by atoms with E-state index in [1.165, 1.54) is 29.2 Å². The number of hydrogen-bond acceptors (Lipinski definition) is 4. The van der Waals surface area contributed by atoms with Gasteiger partial charge in [0.15, 0.2) is 6.10 Å². The molecular formula is C29H32F2N3O4S+. The second-order valence-corrected chi connectivity index (χ2v) is 12.1. The van der Waals surface area contributed by atoms with Crippen LogP contribution in [0.25, 0.3) is 0 Å². The zero-order valence-corrected chi connectivity index (χ0v) is 22.3. The molecule has 0 radical (unpaired) electrons. The van der Waals surface area contributed by atoms with Gasteiger partial charge in [-0.25, -0.2) is 26.7 Å². The van der Waals surface area contributed by atoms with Crippen LogP contribution < -0.4 is 9.62 Å². The van der Waals surface area contributed by atoms with Gasteiger partial charge in [0.1, 0.15) is 18.2 Å². The summed E-state index contributed by atoms with van der Waals surface area (Å²) in [6.45, 7) is 3.23. The van der Waals surface area contributed by atoms with E-state index in [1.54, 1.807) is 54.6 Å². The summed E-state index contributed by atoms with van der Waals surface area (Å²) in [7, 11) is -3.61. The number of quaternary nitrogens is 1. The highest BCUT2D eigenvalue weighted by molar-refractivity contribution is 7.89. The molecule has 206 valence electrons. The Bertz CT molecular complexity index is 1400. The lowest BCUT2D eigenvalue weighted by molar-refractivity contribution is -0.945. The number of carbonyl (C=O) groups is 1. The van der Waals surface area contributed by atoms with E-state index < -0.39 is 27.8 Å². The quantitative estimate of drug-likeness (QED) is 0.388. The van der Waals surface area contributed by atoms with E-state index in [0.29, 0.717) is 23.1 Å². The molecule has 3 saturated heterocycles. The number of benzene rings is 3. The van der Waals surface area contributed by atoms with Crippen molar-refractivity contribution >= 4 is 21.8 Å². The Kier molecular flexibility index (Phi) is 7.97. The van der Waals surface area contributed by atoms with Crippen LogP contribution in [0.5, 0.6) is 0 Å². The van der Waals surface area contributed by atoms with Crippen molar-refractivity contribution in [2.45, 2.75) is 30.4 Å². The number of nitrogens with one attached hydrogen (secondary N) is 1. The Labute approximate surface area is 227 Å². The first-order valence-corrected chi connectivity index (χ1v) is 14.6. The number of carbonyl (C=O) groups excluding carboxylic acids is 1. The number of anilines is 1. The molecular weight excluding hydrogens is 524 g/mol. The minimum Gasteiger partial charge on any atom is -0.440 e. The van der Waals surface area contributed by atoms with E-state index in [2.05, 4.69) is 4.72 Å². The highest BCUT2D eigenvalue weighted by atomic mass is 32.2. The molecule has 6 rings (SSSR count). The van der Waals surface area contributed by atoms with Crippen LogP contribution in [0, 0.1) is 17.6 Å². The number of para-hydroxylation sites is 1.